The third-order valence-corrected chi connectivity index (χ3v) is 3.43. The van der Waals surface area contributed by atoms with Crippen molar-refractivity contribution in [2.24, 2.45) is 0 Å². The molecule has 0 saturated carbocycles. The number of anilines is 1. The van der Waals surface area contributed by atoms with Crippen LogP contribution in [0.4, 0.5) is 11.4 Å². The predicted molar refractivity (Wildman–Crippen MR) is 82.5 cm³/mol. The van der Waals surface area contributed by atoms with Crippen LogP contribution >= 0.6 is 0 Å². The minimum absolute atomic E-state index is 0.00529. The van der Waals surface area contributed by atoms with Crippen LogP contribution in [-0.4, -0.2) is 10.8 Å². The molecule has 114 valence electrons. The molecule has 0 aliphatic heterocycles. The maximum atomic E-state index is 12.0. The quantitative estimate of drug-likeness (QED) is 0.523. The number of nitro groups is 1. The zero-order chi connectivity index (χ0) is 16.1. The summed E-state index contributed by atoms with van der Waals surface area (Å²) < 4.78 is 1.92. The van der Waals surface area contributed by atoms with Crippen molar-refractivity contribution in [2.75, 3.05) is 5.32 Å². The summed E-state index contributed by atoms with van der Waals surface area (Å²) >= 11 is 0. The Balaban J connectivity index is 1.99. The zero-order valence-corrected chi connectivity index (χ0v) is 12.6. The van der Waals surface area contributed by atoms with Crippen LogP contribution in [0.15, 0.2) is 42.7 Å². The lowest BCUT2D eigenvalue weighted by molar-refractivity contribution is -0.695. The fourth-order valence-electron chi connectivity index (χ4n) is 2.08. The number of hydrogen-bond acceptors (Lipinski definition) is 3. The van der Waals surface area contributed by atoms with E-state index in [1.54, 1.807) is 19.1 Å². The van der Waals surface area contributed by atoms with E-state index in [0.717, 1.165) is 5.56 Å². The highest BCUT2D eigenvalue weighted by atomic mass is 16.6. The number of amides is 1. The maximum Gasteiger partial charge on any atom is 0.274 e. The van der Waals surface area contributed by atoms with Crippen LogP contribution in [0.2, 0.25) is 0 Å². The highest BCUT2D eigenvalue weighted by molar-refractivity contribution is 5.91. The number of nitrogens with zero attached hydrogens (tertiary/aromatic N) is 2. The molecular weight excluding hydrogens is 282 g/mol. The van der Waals surface area contributed by atoms with Gasteiger partial charge in [0.2, 0.25) is 5.91 Å². The Labute approximate surface area is 128 Å². The number of aromatic nitrogens is 1. The van der Waals surface area contributed by atoms with Gasteiger partial charge < -0.3 is 5.32 Å². The van der Waals surface area contributed by atoms with Crippen LogP contribution in [-0.2, 0) is 11.3 Å². The van der Waals surface area contributed by atoms with E-state index in [0.29, 0.717) is 24.2 Å². The number of rotatable bonds is 5. The Hall–Kier alpha value is -2.76. The predicted octanol–water partition coefficient (Wildman–Crippen LogP) is 2.53. The maximum absolute atomic E-state index is 12.0. The zero-order valence-electron chi connectivity index (χ0n) is 12.6. The molecule has 1 heterocycles. The SMILES string of the molecule is Cc1cc[n+](CCC(=O)Nc2cccc([N+](=O)[O-])c2C)cc1. The van der Waals surface area contributed by atoms with Crippen LogP contribution in [0.3, 0.4) is 0 Å². The minimum atomic E-state index is -0.451. The van der Waals surface area contributed by atoms with E-state index in [9.17, 15) is 14.9 Å². The summed E-state index contributed by atoms with van der Waals surface area (Å²) in [4.78, 5) is 22.4. The molecule has 6 heteroatoms. The number of benzene rings is 1. The summed E-state index contributed by atoms with van der Waals surface area (Å²) in [5.74, 6) is -0.170. The van der Waals surface area contributed by atoms with Crippen molar-refractivity contribution >= 4 is 17.3 Å². The van der Waals surface area contributed by atoms with E-state index in [-0.39, 0.29) is 11.6 Å². The molecule has 1 aromatic heterocycles. The summed E-state index contributed by atoms with van der Waals surface area (Å²) in [6.07, 6.45) is 4.14. The topological polar surface area (TPSA) is 76.1 Å². The fourth-order valence-corrected chi connectivity index (χ4v) is 2.08. The molecule has 0 fully saturated rings. The Morgan fingerprint density at radius 3 is 2.55 bits per heavy atom. The summed E-state index contributed by atoms with van der Waals surface area (Å²) in [7, 11) is 0. The Morgan fingerprint density at radius 1 is 1.23 bits per heavy atom. The van der Waals surface area contributed by atoms with Crippen molar-refractivity contribution in [1.82, 2.24) is 0 Å². The third kappa shape index (κ3) is 3.88. The lowest BCUT2D eigenvalue weighted by Gasteiger charge is -2.07. The van der Waals surface area contributed by atoms with Crippen LogP contribution < -0.4 is 9.88 Å². The second-order valence-corrected chi connectivity index (χ2v) is 5.12. The number of aryl methyl sites for hydroxylation is 2. The molecule has 1 N–H and O–H groups in total. The number of nitro benzene ring substituents is 1. The minimum Gasteiger partial charge on any atom is -0.325 e. The van der Waals surface area contributed by atoms with Crippen LogP contribution in [0.25, 0.3) is 0 Å². The first-order valence-electron chi connectivity index (χ1n) is 6.97. The molecule has 0 spiro atoms. The first-order valence-corrected chi connectivity index (χ1v) is 6.97. The average Bonchev–Trinajstić information content (AvgIpc) is 2.48. The molecule has 1 amide bonds. The van der Waals surface area contributed by atoms with Crippen molar-refractivity contribution < 1.29 is 14.3 Å². The van der Waals surface area contributed by atoms with Crippen LogP contribution in [0, 0.1) is 24.0 Å². The molecule has 22 heavy (non-hydrogen) atoms. The largest absolute Gasteiger partial charge is 0.325 e. The van der Waals surface area contributed by atoms with E-state index in [4.69, 9.17) is 0 Å². The molecular formula is C16H18N3O3+. The molecule has 0 radical (unpaired) electrons. The van der Waals surface area contributed by atoms with E-state index >= 15 is 0 Å². The molecule has 1 aromatic carbocycles. The van der Waals surface area contributed by atoms with Gasteiger partial charge in [-0.2, -0.15) is 0 Å². The molecule has 0 atom stereocenters. The van der Waals surface area contributed by atoms with Gasteiger partial charge in [0.25, 0.3) is 5.69 Å². The lowest BCUT2D eigenvalue weighted by atomic mass is 10.1. The van der Waals surface area contributed by atoms with Crippen molar-refractivity contribution in [3.63, 3.8) is 0 Å². The molecule has 0 unspecified atom stereocenters. The molecule has 0 saturated heterocycles. The van der Waals surface area contributed by atoms with Gasteiger partial charge in [0.05, 0.1) is 22.6 Å². The molecule has 0 aliphatic rings. The van der Waals surface area contributed by atoms with E-state index < -0.39 is 4.92 Å². The van der Waals surface area contributed by atoms with Gasteiger partial charge in [-0.05, 0) is 25.5 Å². The third-order valence-electron chi connectivity index (χ3n) is 3.43. The molecule has 0 bridgehead atoms. The number of carbonyl (C=O) groups is 1. The van der Waals surface area contributed by atoms with E-state index in [2.05, 4.69) is 5.32 Å². The van der Waals surface area contributed by atoms with Gasteiger partial charge >= 0.3 is 0 Å². The van der Waals surface area contributed by atoms with Crippen molar-refractivity contribution in [3.05, 3.63) is 64.0 Å². The summed E-state index contributed by atoms with van der Waals surface area (Å²) in [6.45, 7) is 4.19. The van der Waals surface area contributed by atoms with Gasteiger partial charge in [0.15, 0.2) is 18.9 Å². The highest BCUT2D eigenvalue weighted by Crippen LogP contribution is 2.24. The first-order chi connectivity index (χ1) is 10.5. The van der Waals surface area contributed by atoms with Gasteiger partial charge in [-0.25, -0.2) is 4.57 Å². The van der Waals surface area contributed by atoms with Crippen LogP contribution in [0.5, 0.6) is 0 Å². The normalized spacial score (nSPS) is 10.3. The van der Waals surface area contributed by atoms with Gasteiger partial charge in [0.1, 0.15) is 0 Å². The molecule has 0 aliphatic carbocycles. The van der Waals surface area contributed by atoms with Gasteiger partial charge in [-0.1, -0.05) is 6.07 Å². The lowest BCUT2D eigenvalue weighted by Crippen LogP contribution is -2.34. The van der Waals surface area contributed by atoms with E-state index in [1.165, 1.54) is 6.07 Å². The number of pyridine rings is 1. The summed E-state index contributed by atoms with van der Waals surface area (Å²) in [5, 5.41) is 13.6. The second-order valence-electron chi connectivity index (χ2n) is 5.12. The Morgan fingerprint density at radius 2 is 1.91 bits per heavy atom. The number of nitrogens with one attached hydrogen (secondary N) is 1. The van der Waals surface area contributed by atoms with Gasteiger partial charge in [-0.15, -0.1) is 0 Å². The highest BCUT2D eigenvalue weighted by Gasteiger charge is 2.15. The Bertz CT molecular complexity index is 696. The van der Waals surface area contributed by atoms with Gasteiger partial charge in [-0.3, -0.25) is 14.9 Å². The molecule has 2 rings (SSSR count). The van der Waals surface area contributed by atoms with Crippen LogP contribution in [0.1, 0.15) is 17.5 Å². The monoisotopic (exact) mass is 300 g/mol. The number of hydrogen-bond donors (Lipinski definition) is 1. The van der Waals surface area contributed by atoms with Crippen molar-refractivity contribution in [1.29, 1.82) is 0 Å². The van der Waals surface area contributed by atoms with Gasteiger partial charge in [0, 0.05) is 18.2 Å². The smallest absolute Gasteiger partial charge is 0.274 e. The van der Waals surface area contributed by atoms with E-state index in [1.807, 2.05) is 36.0 Å². The second kappa shape index (κ2) is 6.80. The standard InChI is InChI=1S/C16H17N3O3/c1-12-6-9-18(10-7-12)11-8-16(20)17-14-4-3-5-15(13(14)2)19(21)22/h3-7,9-10H,8,11H2,1-2H3/p+1. The fraction of sp³-hybridized carbons (Fsp3) is 0.250. The number of carbonyl (C=O) groups excluding carboxylic acids is 1. The molecule has 6 nitrogen and oxygen atoms in total. The molecule has 2 aromatic rings. The summed E-state index contributed by atoms with van der Waals surface area (Å²) in [5.41, 5.74) is 2.11. The first kappa shape index (κ1) is 15.6. The van der Waals surface area contributed by atoms with Crippen molar-refractivity contribution in [2.45, 2.75) is 26.8 Å². The Kier molecular flexibility index (Phi) is 4.83. The summed E-state index contributed by atoms with van der Waals surface area (Å²) in [6, 6.07) is 8.60. The average molecular weight is 300 g/mol. The van der Waals surface area contributed by atoms with Crippen molar-refractivity contribution in [3.8, 4) is 0 Å².